The highest BCUT2D eigenvalue weighted by Crippen LogP contribution is 2.20. The van der Waals surface area contributed by atoms with Gasteiger partial charge < -0.3 is 15.2 Å². The molecule has 0 aliphatic rings. The van der Waals surface area contributed by atoms with Crippen molar-refractivity contribution in [1.29, 1.82) is 0 Å². The predicted octanol–water partition coefficient (Wildman–Crippen LogP) is 3.41. The topological polar surface area (TPSA) is 71.5 Å². The molecule has 2 N–H and O–H groups in total. The molecule has 0 aliphatic carbocycles. The molecule has 0 saturated heterocycles. The number of ether oxygens (including phenoxy) is 1. The number of nitrogens with one attached hydrogen (secondary N) is 1. The molecule has 6 heteroatoms. The van der Waals surface area contributed by atoms with Crippen LogP contribution in [0.5, 0.6) is 5.88 Å². The summed E-state index contributed by atoms with van der Waals surface area (Å²) in [6, 6.07) is 9.01. The van der Waals surface area contributed by atoms with Gasteiger partial charge in [0.05, 0.1) is 12.7 Å². The minimum atomic E-state index is -0.239. The number of nitrogens with zero attached hydrogens (tertiary/aromatic N) is 1. The summed E-state index contributed by atoms with van der Waals surface area (Å²) in [5, 5.41) is 12.4. The number of amides is 1. The lowest BCUT2D eigenvalue weighted by molar-refractivity contribution is 0.0934. The van der Waals surface area contributed by atoms with Crippen molar-refractivity contribution in [1.82, 2.24) is 10.3 Å². The van der Waals surface area contributed by atoms with Gasteiger partial charge in [0.15, 0.2) is 0 Å². The molecular formula is C19H21ClN2O3. The van der Waals surface area contributed by atoms with Gasteiger partial charge in [-0.3, -0.25) is 4.79 Å². The van der Waals surface area contributed by atoms with E-state index in [1.807, 2.05) is 43.3 Å². The highest BCUT2D eigenvalue weighted by Gasteiger charge is 2.12. The molecule has 0 radical (unpaired) electrons. The molecule has 0 aliphatic heterocycles. The quantitative estimate of drug-likeness (QED) is 0.793. The lowest BCUT2D eigenvalue weighted by atomic mass is 10.1. The van der Waals surface area contributed by atoms with Crippen molar-refractivity contribution < 1.29 is 14.6 Å². The number of carbonyl (C=O) groups excluding carboxylic acids is 1. The van der Waals surface area contributed by atoms with E-state index in [0.717, 1.165) is 5.56 Å². The average Bonchev–Trinajstić information content (AvgIpc) is 2.61. The maximum Gasteiger partial charge on any atom is 0.253 e. The summed E-state index contributed by atoms with van der Waals surface area (Å²) in [5.41, 5.74) is 2.10. The number of methoxy groups -OCH3 is 1. The molecule has 0 bridgehead atoms. The predicted molar refractivity (Wildman–Crippen MR) is 99.8 cm³/mol. The summed E-state index contributed by atoms with van der Waals surface area (Å²) in [6.45, 7) is 1.86. The van der Waals surface area contributed by atoms with Crippen LogP contribution in [-0.2, 0) is 0 Å². The fourth-order valence-corrected chi connectivity index (χ4v) is 2.34. The van der Waals surface area contributed by atoms with Gasteiger partial charge in [0.2, 0.25) is 5.88 Å². The molecule has 5 nitrogen and oxygen atoms in total. The smallest absolute Gasteiger partial charge is 0.253 e. The minimum Gasteiger partial charge on any atom is -0.481 e. The van der Waals surface area contributed by atoms with Crippen LogP contribution in [-0.4, -0.2) is 35.8 Å². The van der Waals surface area contributed by atoms with E-state index in [1.165, 1.54) is 13.3 Å². The summed E-state index contributed by atoms with van der Waals surface area (Å²) in [6.07, 6.45) is 5.70. The number of aromatic nitrogens is 1. The molecule has 0 spiro atoms. The summed E-state index contributed by atoms with van der Waals surface area (Å²) in [5.74, 6) is 0.197. The third kappa shape index (κ3) is 5.59. The van der Waals surface area contributed by atoms with Gasteiger partial charge in [-0.15, -0.1) is 0 Å². The van der Waals surface area contributed by atoms with Gasteiger partial charge in [0.1, 0.15) is 0 Å². The van der Waals surface area contributed by atoms with Gasteiger partial charge in [-0.05, 0) is 43.2 Å². The second-order valence-corrected chi connectivity index (χ2v) is 6.03. The average molecular weight is 361 g/mol. The standard InChI is InChI=1S/C19H21ClN2O3/c1-13(9-10-23)22-18(24)16-11-15(19(25-2)21-12-16)6-3-14-4-7-17(20)8-5-14/h3-8,11-13,23H,9-10H2,1-2H3,(H,22,24)/b6-3+. The second kappa shape index (κ2) is 9.20. The summed E-state index contributed by atoms with van der Waals surface area (Å²) in [4.78, 5) is 16.5. The van der Waals surface area contributed by atoms with Gasteiger partial charge in [0.25, 0.3) is 5.91 Å². The molecule has 1 unspecified atom stereocenters. The molecule has 1 heterocycles. The van der Waals surface area contributed by atoms with E-state index in [9.17, 15) is 4.79 Å². The summed E-state index contributed by atoms with van der Waals surface area (Å²) < 4.78 is 5.26. The van der Waals surface area contributed by atoms with Crippen LogP contribution in [0.4, 0.5) is 0 Å². The largest absolute Gasteiger partial charge is 0.481 e. The molecule has 1 atom stereocenters. The molecule has 1 aromatic heterocycles. The summed E-state index contributed by atoms with van der Waals surface area (Å²) >= 11 is 5.88. The van der Waals surface area contributed by atoms with Gasteiger partial charge >= 0.3 is 0 Å². The van der Waals surface area contributed by atoms with E-state index >= 15 is 0 Å². The Hall–Kier alpha value is -2.37. The van der Waals surface area contributed by atoms with Gasteiger partial charge in [-0.25, -0.2) is 4.98 Å². The van der Waals surface area contributed by atoms with Crippen molar-refractivity contribution in [2.24, 2.45) is 0 Å². The van der Waals surface area contributed by atoms with E-state index in [-0.39, 0.29) is 18.6 Å². The number of hydrogen-bond donors (Lipinski definition) is 2. The minimum absolute atomic E-state index is 0.0252. The van der Waals surface area contributed by atoms with Crippen LogP contribution in [0.3, 0.4) is 0 Å². The third-order valence-corrected chi connectivity index (χ3v) is 3.85. The molecule has 1 amide bonds. The van der Waals surface area contributed by atoms with Crippen molar-refractivity contribution in [2.75, 3.05) is 13.7 Å². The Balaban J connectivity index is 2.21. The molecule has 25 heavy (non-hydrogen) atoms. The SMILES string of the molecule is COc1ncc(C(=O)NC(C)CCO)cc1/C=C/c1ccc(Cl)cc1. The van der Waals surface area contributed by atoms with Crippen molar-refractivity contribution in [3.8, 4) is 5.88 Å². The van der Waals surface area contributed by atoms with Crippen molar-refractivity contribution in [3.05, 3.63) is 58.2 Å². The lowest BCUT2D eigenvalue weighted by Crippen LogP contribution is -2.33. The van der Waals surface area contributed by atoms with Crippen LogP contribution in [0.15, 0.2) is 36.5 Å². The molecular weight excluding hydrogens is 340 g/mol. The normalized spacial score (nSPS) is 12.2. The van der Waals surface area contributed by atoms with Crippen molar-refractivity contribution >= 4 is 29.7 Å². The number of aliphatic hydroxyl groups excluding tert-OH is 1. The highest BCUT2D eigenvalue weighted by molar-refractivity contribution is 6.30. The molecule has 2 aromatic rings. The van der Waals surface area contributed by atoms with E-state index in [4.69, 9.17) is 21.4 Å². The van der Waals surface area contributed by atoms with E-state index in [1.54, 1.807) is 6.07 Å². The van der Waals surface area contributed by atoms with Crippen LogP contribution in [0, 0.1) is 0 Å². The Morgan fingerprint density at radius 3 is 2.72 bits per heavy atom. The van der Waals surface area contributed by atoms with Gasteiger partial charge in [-0.1, -0.05) is 29.8 Å². The highest BCUT2D eigenvalue weighted by atomic mass is 35.5. The number of benzene rings is 1. The molecule has 0 fully saturated rings. The number of pyridine rings is 1. The third-order valence-electron chi connectivity index (χ3n) is 3.60. The zero-order chi connectivity index (χ0) is 18.2. The zero-order valence-corrected chi connectivity index (χ0v) is 15.0. The molecule has 0 saturated carbocycles. The van der Waals surface area contributed by atoms with E-state index in [2.05, 4.69) is 10.3 Å². The van der Waals surface area contributed by atoms with Crippen LogP contribution >= 0.6 is 11.6 Å². The van der Waals surface area contributed by atoms with E-state index in [0.29, 0.717) is 28.5 Å². The Labute approximate surface area is 152 Å². The number of hydrogen-bond acceptors (Lipinski definition) is 4. The van der Waals surface area contributed by atoms with Crippen LogP contribution < -0.4 is 10.1 Å². The van der Waals surface area contributed by atoms with Crippen LogP contribution in [0.2, 0.25) is 5.02 Å². The second-order valence-electron chi connectivity index (χ2n) is 5.59. The zero-order valence-electron chi connectivity index (χ0n) is 14.2. The van der Waals surface area contributed by atoms with Gasteiger partial charge in [0, 0.05) is 29.4 Å². The first kappa shape index (κ1) is 19.0. The monoisotopic (exact) mass is 360 g/mol. The Morgan fingerprint density at radius 1 is 1.36 bits per heavy atom. The Kier molecular flexibility index (Phi) is 6.98. The first-order chi connectivity index (χ1) is 12.0. The first-order valence-corrected chi connectivity index (χ1v) is 8.30. The van der Waals surface area contributed by atoms with Crippen molar-refractivity contribution in [2.45, 2.75) is 19.4 Å². The number of rotatable bonds is 7. The van der Waals surface area contributed by atoms with Gasteiger partial charge in [-0.2, -0.15) is 0 Å². The molecule has 2 rings (SSSR count). The maximum atomic E-state index is 12.3. The fourth-order valence-electron chi connectivity index (χ4n) is 2.22. The van der Waals surface area contributed by atoms with Crippen LogP contribution in [0.1, 0.15) is 34.8 Å². The lowest BCUT2D eigenvalue weighted by Gasteiger charge is -2.13. The molecule has 132 valence electrons. The Morgan fingerprint density at radius 2 is 2.08 bits per heavy atom. The fraction of sp³-hybridized carbons (Fsp3) is 0.263. The van der Waals surface area contributed by atoms with E-state index < -0.39 is 0 Å². The van der Waals surface area contributed by atoms with Crippen LogP contribution in [0.25, 0.3) is 12.2 Å². The van der Waals surface area contributed by atoms with Crippen molar-refractivity contribution in [3.63, 3.8) is 0 Å². The Bertz CT molecular complexity index is 745. The first-order valence-electron chi connectivity index (χ1n) is 7.93. The molecule has 1 aromatic carbocycles. The maximum absolute atomic E-state index is 12.3. The number of carbonyl (C=O) groups is 1. The number of aliphatic hydroxyl groups is 1. The summed E-state index contributed by atoms with van der Waals surface area (Å²) in [7, 11) is 1.53. The number of halogens is 1.